The zero-order valence-corrected chi connectivity index (χ0v) is 12.3. The number of rotatable bonds is 6. The third kappa shape index (κ3) is 3.47. The van der Waals surface area contributed by atoms with Gasteiger partial charge in [-0.15, -0.1) is 11.3 Å². The molecule has 0 aliphatic carbocycles. The van der Waals surface area contributed by atoms with Crippen molar-refractivity contribution >= 4 is 39.0 Å². The Morgan fingerprint density at radius 1 is 1.47 bits per heavy atom. The van der Waals surface area contributed by atoms with Crippen molar-refractivity contribution in [3.05, 3.63) is 33.7 Å². The maximum absolute atomic E-state index is 10.4. The number of hydrogen-bond acceptors (Lipinski definition) is 3. The summed E-state index contributed by atoms with van der Waals surface area (Å²) in [5.74, 6) is -0.744. The SMILES string of the molecule is Cc1c(CNCCCC(=O)O)sc2c(Cl)cccc12. The Hall–Kier alpha value is -1.10. The van der Waals surface area contributed by atoms with E-state index >= 15 is 0 Å². The molecule has 0 aliphatic rings. The molecule has 19 heavy (non-hydrogen) atoms. The van der Waals surface area contributed by atoms with E-state index in [9.17, 15) is 4.79 Å². The highest BCUT2D eigenvalue weighted by atomic mass is 35.5. The van der Waals surface area contributed by atoms with Crippen LogP contribution in [0.2, 0.25) is 5.02 Å². The average molecular weight is 298 g/mol. The lowest BCUT2D eigenvalue weighted by molar-refractivity contribution is -0.137. The fraction of sp³-hybridized carbons (Fsp3) is 0.357. The number of carbonyl (C=O) groups is 1. The number of hydrogen-bond donors (Lipinski definition) is 2. The van der Waals surface area contributed by atoms with Gasteiger partial charge < -0.3 is 10.4 Å². The van der Waals surface area contributed by atoms with Crippen molar-refractivity contribution < 1.29 is 9.90 Å². The van der Waals surface area contributed by atoms with Gasteiger partial charge in [0.2, 0.25) is 0 Å². The van der Waals surface area contributed by atoms with Gasteiger partial charge in [0.05, 0.1) is 9.72 Å². The summed E-state index contributed by atoms with van der Waals surface area (Å²) in [6.45, 7) is 3.58. The summed E-state index contributed by atoms with van der Waals surface area (Å²) in [7, 11) is 0. The molecule has 0 fully saturated rings. The quantitative estimate of drug-likeness (QED) is 0.797. The molecule has 0 saturated heterocycles. The molecule has 0 amide bonds. The molecule has 0 bridgehead atoms. The van der Waals surface area contributed by atoms with Crippen LogP contribution in [0.15, 0.2) is 18.2 Å². The number of thiophene rings is 1. The number of carboxylic acids is 1. The first-order valence-electron chi connectivity index (χ1n) is 6.18. The highest BCUT2D eigenvalue weighted by Crippen LogP contribution is 2.35. The number of fused-ring (bicyclic) bond motifs is 1. The van der Waals surface area contributed by atoms with Crippen molar-refractivity contribution in [2.24, 2.45) is 0 Å². The summed E-state index contributed by atoms with van der Waals surface area (Å²) in [6.07, 6.45) is 0.865. The van der Waals surface area contributed by atoms with Crippen molar-refractivity contribution in [2.75, 3.05) is 6.54 Å². The predicted molar refractivity (Wildman–Crippen MR) is 80.1 cm³/mol. The summed E-state index contributed by atoms with van der Waals surface area (Å²) < 4.78 is 1.13. The molecule has 0 atom stereocenters. The molecule has 0 unspecified atom stereocenters. The first-order valence-corrected chi connectivity index (χ1v) is 7.38. The second-order valence-electron chi connectivity index (χ2n) is 4.44. The lowest BCUT2D eigenvalue weighted by atomic mass is 10.1. The van der Waals surface area contributed by atoms with Crippen LogP contribution in [0.5, 0.6) is 0 Å². The van der Waals surface area contributed by atoms with Crippen LogP contribution >= 0.6 is 22.9 Å². The van der Waals surface area contributed by atoms with Gasteiger partial charge in [-0.2, -0.15) is 0 Å². The normalized spacial score (nSPS) is 11.1. The topological polar surface area (TPSA) is 49.3 Å². The lowest BCUT2D eigenvalue weighted by Gasteiger charge is -2.02. The lowest BCUT2D eigenvalue weighted by Crippen LogP contribution is -2.15. The van der Waals surface area contributed by atoms with Gasteiger partial charge in [-0.05, 0) is 36.9 Å². The van der Waals surface area contributed by atoms with Crippen LogP contribution < -0.4 is 5.32 Å². The molecule has 1 aromatic heterocycles. The molecule has 0 spiro atoms. The van der Waals surface area contributed by atoms with Crippen molar-refractivity contribution in [3.8, 4) is 0 Å². The van der Waals surface area contributed by atoms with E-state index in [0.717, 1.165) is 16.3 Å². The van der Waals surface area contributed by atoms with E-state index < -0.39 is 5.97 Å². The van der Waals surface area contributed by atoms with E-state index in [4.69, 9.17) is 16.7 Å². The van der Waals surface area contributed by atoms with Gasteiger partial charge >= 0.3 is 5.97 Å². The van der Waals surface area contributed by atoms with Crippen LogP contribution in [-0.4, -0.2) is 17.6 Å². The number of aliphatic carboxylic acids is 1. The van der Waals surface area contributed by atoms with Crippen molar-refractivity contribution in [1.29, 1.82) is 0 Å². The van der Waals surface area contributed by atoms with E-state index in [2.05, 4.69) is 18.3 Å². The average Bonchev–Trinajstić information content (AvgIpc) is 2.68. The van der Waals surface area contributed by atoms with Crippen LogP contribution in [0.1, 0.15) is 23.3 Å². The molecule has 2 N–H and O–H groups in total. The molecule has 1 aromatic carbocycles. The maximum Gasteiger partial charge on any atom is 0.303 e. The molecule has 2 aromatic rings. The van der Waals surface area contributed by atoms with Gasteiger partial charge in [-0.1, -0.05) is 23.7 Å². The second-order valence-corrected chi connectivity index (χ2v) is 5.95. The minimum absolute atomic E-state index is 0.213. The first kappa shape index (κ1) is 14.3. The van der Waals surface area contributed by atoms with Gasteiger partial charge in [0, 0.05) is 17.8 Å². The van der Waals surface area contributed by atoms with Gasteiger partial charge in [0.1, 0.15) is 0 Å². The largest absolute Gasteiger partial charge is 0.481 e. The van der Waals surface area contributed by atoms with Crippen LogP contribution in [0.25, 0.3) is 10.1 Å². The van der Waals surface area contributed by atoms with E-state index in [1.54, 1.807) is 11.3 Å². The van der Waals surface area contributed by atoms with E-state index in [0.29, 0.717) is 13.0 Å². The third-order valence-corrected chi connectivity index (χ3v) is 4.81. The number of nitrogens with one attached hydrogen (secondary N) is 1. The van der Waals surface area contributed by atoms with Crippen LogP contribution in [0.3, 0.4) is 0 Å². The summed E-state index contributed by atoms with van der Waals surface area (Å²) >= 11 is 7.89. The van der Waals surface area contributed by atoms with Crippen molar-refractivity contribution in [2.45, 2.75) is 26.3 Å². The van der Waals surface area contributed by atoms with E-state index in [1.807, 2.05) is 12.1 Å². The Balaban J connectivity index is 1.99. The van der Waals surface area contributed by atoms with E-state index in [1.165, 1.54) is 15.8 Å². The van der Waals surface area contributed by atoms with Crippen molar-refractivity contribution in [3.63, 3.8) is 0 Å². The van der Waals surface area contributed by atoms with Crippen LogP contribution in [-0.2, 0) is 11.3 Å². The van der Waals surface area contributed by atoms with Crippen molar-refractivity contribution in [1.82, 2.24) is 5.32 Å². The molecule has 102 valence electrons. The van der Waals surface area contributed by atoms with Gasteiger partial charge in [0.25, 0.3) is 0 Å². The molecule has 2 rings (SSSR count). The zero-order valence-electron chi connectivity index (χ0n) is 10.7. The Morgan fingerprint density at radius 3 is 2.95 bits per heavy atom. The summed E-state index contributed by atoms with van der Waals surface area (Å²) in [6, 6.07) is 5.96. The number of benzene rings is 1. The third-order valence-electron chi connectivity index (χ3n) is 3.04. The number of carboxylic acid groups (broad SMARTS) is 1. The second kappa shape index (κ2) is 6.37. The number of aryl methyl sites for hydroxylation is 1. The summed E-state index contributed by atoms with van der Waals surface area (Å²) in [4.78, 5) is 11.7. The highest BCUT2D eigenvalue weighted by Gasteiger charge is 2.10. The first-order chi connectivity index (χ1) is 9.09. The maximum atomic E-state index is 10.4. The molecular weight excluding hydrogens is 282 g/mol. The molecule has 3 nitrogen and oxygen atoms in total. The van der Waals surface area contributed by atoms with Crippen LogP contribution in [0.4, 0.5) is 0 Å². The summed E-state index contributed by atoms with van der Waals surface area (Å²) in [5.41, 5.74) is 1.26. The zero-order chi connectivity index (χ0) is 13.8. The molecule has 5 heteroatoms. The Kier molecular flexibility index (Phi) is 4.80. The Morgan fingerprint density at radius 2 is 2.26 bits per heavy atom. The number of halogens is 1. The Bertz CT molecular complexity index is 594. The van der Waals surface area contributed by atoms with Gasteiger partial charge in [0.15, 0.2) is 0 Å². The molecule has 0 aliphatic heterocycles. The van der Waals surface area contributed by atoms with Gasteiger partial charge in [-0.3, -0.25) is 4.79 Å². The molecule has 0 saturated carbocycles. The standard InChI is InChI=1S/C14H16ClNO2S/c1-9-10-4-2-5-11(15)14(10)19-12(9)8-16-7-3-6-13(17)18/h2,4-5,16H,3,6-8H2,1H3,(H,17,18). The fourth-order valence-electron chi connectivity index (χ4n) is 1.99. The van der Waals surface area contributed by atoms with E-state index in [-0.39, 0.29) is 6.42 Å². The molecule has 0 radical (unpaired) electrons. The fourth-order valence-corrected chi connectivity index (χ4v) is 3.46. The molecule has 1 heterocycles. The minimum atomic E-state index is -0.744. The monoisotopic (exact) mass is 297 g/mol. The predicted octanol–water partition coefficient (Wildman–Crippen LogP) is 3.82. The smallest absolute Gasteiger partial charge is 0.303 e. The highest BCUT2D eigenvalue weighted by molar-refractivity contribution is 7.20. The van der Waals surface area contributed by atoms with Crippen LogP contribution in [0, 0.1) is 6.92 Å². The summed E-state index contributed by atoms with van der Waals surface area (Å²) in [5, 5.41) is 13.8. The Labute approximate surface area is 121 Å². The van der Waals surface area contributed by atoms with Gasteiger partial charge in [-0.25, -0.2) is 0 Å². The minimum Gasteiger partial charge on any atom is -0.481 e. The molecular formula is C14H16ClNO2S.